The fourth-order valence-corrected chi connectivity index (χ4v) is 5.09. The second-order valence-corrected chi connectivity index (χ2v) is 9.77. The average Bonchev–Trinajstić information content (AvgIpc) is 3.18. The van der Waals surface area contributed by atoms with Crippen molar-refractivity contribution in [2.45, 2.75) is 4.90 Å². The highest BCUT2D eigenvalue weighted by atomic mass is 32.2. The first-order valence-corrected chi connectivity index (χ1v) is 11.3. The molecule has 0 aliphatic heterocycles. The normalized spacial score (nSPS) is 11.5. The number of rotatable bonds is 5. The summed E-state index contributed by atoms with van der Waals surface area (Å²) >= 11 is 1.26. The summed E-state index contributed by atoms with van der Waals surface area (Å²) in [6, 6.07) is 16.8. The summed E-state index contributed by atoms with van der Waals surface area (Å²) in [6.45, 7) is 0. The van der Waals surface area contributed by atoms with Crippen molar-refractivity contribution in [1.82, 2.24) is 0 Å². The molecule has 0 atom stereocenters. The van der Waals surface area contributed by atoms with E-state index in [2.05, 4.69) is 5.32 Å². The molecule has 0 fully saturated rings. The third-order valence-corrected chi connectivity index (χ3v) is 7.58. The lowest BCUT2D eigenvalue weighted by molar-refractivity contribution is 0.103. The number of nitrogens with one attached hydrogen (secondary N) is 1. The number of carbonyl (C=O) groups is 1. The molecule has 5 nitrogen and oxygen atoms in total. The molecule has 1 N–H and O–H groups in total. The molecule has 3 aromatic carbocycles. The van der Waals surface area contributed by atoms with Gasteiger partial charge in [-0.2, -0.15) is 0 Å². The Kier molecular flexibility index (Phi) is 5.47. The molecule has 158 valence electrons. The van der Waals surface area contributed by atoms with Crippen LogP contribution in [0.25, 0.3) is 10.1 Å². The Morgan fingerprint density at radius 1 is 0.903 bits per heavy atom. The number of hydrogen-bond donors (Lipinski definition) is 1. The molecule has 0 unspecified atom stereocenters. The number of benzene rings is 3. The van der Waals surface area contributed by atoms with Crippen LogP contribution in [0.2, 0.25) is 0 Å². The number of sulfonamides is 1. The van der Waals surface area contributed by atoms with E-state index in [4.69, 9.17) is 0 Å². The zero-order chi connectivity index (χ0) is 22.2. The standard InChI is InChI=1S/C22H16F2N2O3S2/c1-26(31(28,29)19-9-4-16(24)5-10-19)18-8-11-20-14(12-18)13-21(30-20)22(27)25-17-6-2-15(23)3-7-17/h2-13H,1H3,(H,25,27). The maximum Gasteiger partial charge on any atom is 0.265 e. The summed E-state index contributed by atoms with van der Waals surface area (Å²) in [5.74, 6) is -1.26. The van der Waals surface area contributed by atoms with Crippen molar-refractivity contribution < 1.29 is 22.0 Å². The molecule has 31 heavy (non-hydrogen) atoms. The Balaban J connectivity index is 1.60. The van der Waals surface area contributed by atoms with Crippen LogP contribution >= 0.6 is 11.3 Å². The van der Waals surface area contributed by atoms with Gasteiger partial charge >= 0.3 is 0 Å². The van der Waals surface area contributed by atoms with Gasteiger partial charge in [0.2, 0.25) is 0 Å². The number of thiophene rings is 1. The van der Waals surface area contributed by atoms with Gasteiger partial charge in [-0.05, 0) is 78.2 Å². The van der Waals surface area contributed by atoms with Crippen LogP contribution in [0.4, 0.5) is 20.2 Å². The van der Waals surface area contributed by atoms with Crippen LogP contribution in [0.5, 0.6) is 0 Å². The van der Waals surface area contributed by atoms with Crippen LogP contribution in [0.1, 0.15) is 9.67 Å². The molecule has 0 aliphatic carbocycles. The second kappa shape index (κ2) is 8.09. The van der Waals surface area contributed by atoms with Gasteiger partial charge in [-0.15, -0.1) is 11.3 Å². The minimum Gasteiger partial charge on any atom is -0.321 e. The fraction of sp³-hybridized carbons (Fsp3) is 0.0455. The number of nitrogens with zero attached hydrogens (tertiary/aromatic N) is 1. The lowest BCUT2D eigenvalue weighted by Crippen LogP contribution is -2.26. The highest BCUT2D eigenvalue weighted by Gasteiger charge is 2.22. The lowest BCUT2D eigenvalue weighted by atomic mass is 10.2. The largest absolute Gasteiger partial charge is 0.321 e. The van der Waals surface area contributed by atoms with Gasteiger partial charge in [0.05, 0.1) is 15.5 Å². The van der Waals surface area contributed by atoms with Crippen molar-refractivity contribution in [2.75, 3.05) is 16.7 Å². The number of hydrogen-bond acceptors (Lipinski definition) is 4. The molecule has 0 aliphatic rings. The molecular formula is C22H16F2N2O3S2. The molecule has 1 heterocycles. The molecule has 9 heteroatoms. The number of fused-ring (bicyclic) bond motifs is 1. The van der Waals surface area contributed by atoms with Gasteiger partial charge in [-0.3, -0.25) is 9.10 Å². The molecule has 0 radical (unpaired) electrons. The third-order valence-electron chi connectivity index (χ3n) is 4.66. The Morgan fingerprint density at radius 3 is 2.16 bits per heavy atom. The molecular weight excluding hydrogens is 442 g/mol. The molecule has 0 saturated carbocycles. The van der Waals surface area contributed by atoms with Crippen LogP contribution in [-0.2, 0) is 10.0 Å². The first-order chi connectivity index (χ1) is 14.7. The first-order valence-electron chi connectivity index (χ1n) is 9.09. The van der Waals surface area contributed by atoms with Crippen molar-refractivity contribution in [3.8, 4) is 0 Å². The summed E-state index contributed by atoms with van der Waals surface area (Å²) in [6.07, 6.45) is 0. The Bertz CT molecular complexity index is 1370. The van der Waals surface area contributed by atoms with E-state index in [1.54, 1.807) is 24.3 Å². The van der Waals surface area contributed by atoms with Crippen molar-refractivity contribution in [1.29, 1.82) is 0 Å². The molecule has 0 bridgehead atoms. The van der Waals surface area contributed by atoms with Crippen LogP contribution < -0.4 is 9.62 Å². The molecule has 4 aromatic rings. The van der Waals surface area contributed by atoms with Gasteiger partial charge in [-0.1, -0.05) is 0 Å². The van der Waals surface area contributed by atoms with Gasteiger partial charge in [0, 0.05) is 17.4 Å². The van der Waals surface area contributed by atoms with E-state index in [9.17, 15) is 22.0 Å². The van der Waals surface area contributed by atoms with Gasteiger partial charge < -0.3 is 5.32 Å². The maximum absolute atomic E-state index is 13.1. The van der Waals surface area contributed by atoms with E-state index in [1.807, 2.05) is 0 Å². The molecule has 0 saturated heterocycles. The van der Waals surface area contributed by atoms with E-state index >= 15 is 0 Å². The quantitative estimate of drug-likeness (QED) is 0.444. The van der Waals surface area contributed by atoms with E-state index in [-0.39, 0.29) is 10.8 Å². The zero-order valence-electron chi connectivity index (χ0n) is 16.2. The highest BCUT2D eigenvalue weighted by molar-refractivity contribution is 7.92. The summed E-state index contributed by atoms with van der Waals surface area (Å²) in [5, 5.41) is 3.40. The number of anilines is 2. The third kappa shape index (κ3) is 4.28. The topological polar surface area (TPSA) is 66.5 Å². The van der Waals surface area contributed by atoms with E-state index in [0.29, 0.717) is 21.6 Å². The Morgan fingerprint density at radius 2 is 1.52 bits per heavy atom. The van der Waals surface area contributed by atoms with Crippen LogP contribution in [0.3, 0.4) is 0 Å². The Labute approximate surface area is 181 Å². The monoisotopic (exact) mass is 458 g/mol. The minimum absolute atomic E-state index is 0.0267. The molecule has 1 amide bonds. The second-order valence-electron chi connectivity index (χ2n) is 6.72. The van der Waals surface area contributed by atoms with Crippen molar-refractivity contribution >= 4 is 48.7 Å². The van der Waals surface area contributed by atoms with Crippen LogP contribution in [0, 0.1) is 11.6 Å². The van der Waals surface area contributed by atoms with Gasteiger partial charge in [0.25, 0.3) is 15.9 Å². The van der Waals surface area contributed by atoms with Gasteiger partial charge in [0.1, 0.15) is 11.6 Å². The first kappa shape index (κ1) is 21.0. The summed E-state index contributed by atoms with van der Waals surface area (Å²) in [4.78, 5) is 12.9. The molecule has 0 spiro atoms. The fourth-order valence-electron chi connectivity index (χ4n) is 2.97. The summed E-state index contributed by atoms with van der Waals surface area (Å²) < 4.78 is 53.7. The Hall–Kier alpha value is -3.30. The summed E-state index contributed by atoms with van der Waals surface area (Å²) in [7, 11) is -2.46. The maximum atomic E-state index is 13.1. The van der Waals surface area contributed by atoms with E-state index < -0.39 is 21.7 Å². The smallest absolute Gasteiger partial charge is 0.265 e. The van der Waals surface area contributed by atoms with Crippen molar-refractivity contribution in [2.24, 2.45) is 0 Å². The van der Waals surface area contributed by atoms with Crippen molar-refractivity contribution in [3.63, 3.8) is 0 Å². The molecule has 1 aromatic heterocycles. The minimum atomic E-state index is -3.87. The van der Waals surface area contributed by atoms with Gasteiger partial charge in [-0.25, -0.2) is 17.2 Å². The van der Waals surface area contributed by atoms with Crippen LogP contribution in [0.15, 0.2) is 77.7 Å². The highest BCUT2D eigenvalue weighted by Crippen LogP contribution is 2.31. The summed E-state index contributed by atoms with van der Waals surface area (Å²) in [5.41, 5.74) is 0.870. The zero-order valence-corrected chi connectivity index (χ0v) is 17.8. The predicted octanol–water partition coefficient (Wildman–Crippen LogP) is 5.26. The van der Waals surface area contributed by atoms with Gasteiger partial charge in [0.15, 0.2) is 0 Å². The SMILES string of the molecule is CN(c1ccc2sc(C(=O)Nc3ccc(F)cc3)cc2c1)S(=O)(=O)c1ccc(F)cc1. The number of amides is 1. The predicted molar refractivity (Wildman–Crippen MR) is 118 cm³/mol. The molecule has 4 rings (SSSR count). The average molecular weight is 459 g/mol. The van der Waals surface area contributed by atoms with E-state index in [1.165, 1.54) is 54.8 Å². The lowest BCUT2D eigenvalue weighted by Gasteiger charge is -2.19. The number of halogens is 2. The number of carbonyl (C=O) groups excluding carboxylic acids is 1. The van der Waals surface area contributed by atoms with E-state index in [0.717, 1.165) is 21.1 Å². The van der Waals surface area contributed by atoms with Crippen LogP contribution in [-0.4, -0.2) is 21.4 Å². The van der Waals surface area contributed by atoms with Crippen molar-refractivity contribution in [3.05, 3.63) is 89.3 Å².